The van der Waals surface area contributed by atoms with Gasteiger partial charge in [-0.05, 0) is 30.3 Å². The molecule has 2 aromatic rings. The Kier molecular flexibility index (Phi) is 3.69. The quantitative estimate of drug-likeness (QED) is 0.888. The Morgan fingerprint density at radius 2 is 2.00 bits per heavy atom. The summed E-state index contributed by atoms with van der Waals surface area (Å²) in [6, 6.07) is 7.97. The van der Waals surface area contributed by atoms with E-state index in [0.717, 1.165) is 0 Å². The van der Waals surface area contributed by atoms with E-state index in [0.29, 0.717) is 27.1 Å². The normalized spacial score (nSPS) is 10.1. The van der Waals surface area contributed by atoms with Gasteiger partial charge >= 0.3 is 0 Å². The van der Waals surface area contributed by atoms with Crippen LogP contribution in [-0.2, 0) is 0 Å². The zero-order chi connectivity index (χ0) is 13.1. The van der Waals surface area contributed by atoms with E-state index in [4.69, 9.17) is 28.9 Å². The van der Waals surface area contributed by atoms with Gasteiger partial charge in [0.1, 0.15) is 5.82 Å². The summed E-state index contributed by atoms with van der Waals surface area (Å²) in [5.74, 6) is 0.0443. The molecule has 1 amide bonds. The van der Waals surface area contributed by atoms with Crippen molar-refractivity contribution in [1.29, 1.82) is 0 Å². The molecule has 1 aromatic heterocycles. The number of nitrogen functional groups attached to an aromatic ring is 1. The summed E-state index contributed by atoms with van der Waals surface area (Å²) in [7, 11) is 0. The van der Waals surface area contributed by atoms with Crippen LogP contribution in [0.4, 0.5) is 11.5 Å². The highest BCUT2D eigenvalue weighted by Gasteiger charge is 2.09. The van der Waals surface area contributed by atoms with Gasteiger partial charge in [-0.2, -0.15) is 0 Å². The lowest BCUT2D eigenvalue weighted by Gasteiger charge is -2.07. The summed E-state index contributed by atoms with van der Waals surface area (Å²) in [5, 5.41) is 3.54. The number of anilines is 2. The van der Waals surface area contributed by atoms with Gasteiger partial charge in [0.15, 0.2) is 0 Å². The smallest absolute Gasteiger partial charge is 0.257 e. The molecular formula is C12H9Cl2N3O. The minimum atomic E-state index is -0.313. The second kappa shape index (κ2) is 5.25. The first-order valence-corrected chi connectivity index (χ1v) is 5.80. The number of nitrogens with one attached hydrogen (secondary N) is 1. The lowest BCUT2D eigenvalue weighted by atomic mass is 10.2. The topological polar surface area (TPSA) is 68.0 Å². The van der Waals surface area contributed by atoms with Crippen molar-refractivity contribution in [3.8, 4) is 0 Å². The van der Waals surface area contributed by atoms with Gasteiger partial charge in [-0.15, -0.1) is 0 Å². The van der Waals surface area contributed by atoms with Crippen LogP contribution in [0, 0.1) is 0 Å². The van der Waals surface area contributed by atoms with Crippen LogP contribution in [0.5, 0.6) is 0 Å². The van der Waals surface area contributed by atoms with Crippen LogP contribution in [-0.4, -0.2) is 10.9 Å². The molecule has 18 heavy (non-hydrogen) atoms. The molecule has 4 nitrogen and oxygen atoms in total. The van der Waals surface area contributed by atoms with Crippen LogP contribution in [0.2, 0.25) is 10.0 Å². The van der Waals surface area contributed by atoms with Crippen molar-refractivity contribution in [2.45, 2.75) is 0 Å². The van der Waals surface area contributed by atoms with E-state index < -0.39 is 0 Å². The van der Waals surface area contributed by atoms with Gasteiger partial charge in [-0.1, -0.05) is 23.2 Å². The predicted octanol–water partition coefficient (Wildman–Crippen LogP) is 3.22. The molecule has 2 rings (SSSR count). The van der Waals surface area contributed by atoms with E-state index in [1.807, 2.05) is 0 Å². The van der Waals surface area contributed by atoms with Crippen molar-refractivity contribution in [3.63, 3.8) is 0 Å². The highest BCUT2D eigenvalue weighted by atomic mass is 35.5. The van der Waals surface area contributed by atoms with Crippen molar-refractivity contribution in [1.82, 2.24) is 4.98 Å². The first-order valence-electron chi connectivity index (χ1n) is 5.04. The molecule has 0 saturated carbocycles. The number of amides is 1. The third kappa shape index (κ3) is 2.91. The third-order valence-electron chi connectivity index (χ3n) is 2.23. The molecule has 0 aliphatic carbocycles. The van der Waals surface area contributed by atoms with E-state index in [2.05, 4.69) is 10.3 Å². The molecule has 0 saturated heterocycles. The maximum absolute atomic E-state index is 11.9. The Hall–Kier alpha value is -1.78. The minimum absolute atomic E-state index is 0.313. The van der Waals surface area contributed by atoms with Crippen molar-refractivity contribution in [3.05, 3.63) is 52.1 Å². The van der Waals surface area contributed by atoms with Crippen LogP contribution in [0.3, 0.4) is 0 Å². The lowest BCUT2D eigenvalue weighted by Crippen LogP contribution is -2.12. The van der Waals surface area contributed by atoms with Gasteiger partial charge in [0, 0.05) is 11.2 Å². The monoisotopic (exact) mass is 281 g/mol. The SMILES string of the molecule is Nc1ccc(C(=O)Nc2ccc(Cl)cc2Cl)cn1. The predicted molar refractivity (Wildman–Crippen MR) is 73.1 cm³/mol. The highest BCUT2D eigenvalue weighted by molar-refractivity contribution is 6.36. The van der Waals surface area contributed by atoms with Crippen molar-refractivity contribution < 1.29 is 4.79 Å². The number of hydrogen-bond acceptors (Lipinski definition) is 3. The van der Waals surface area contributed by atoms with E-state index >= 15 is 0 Å². The third-order valence-corrected chi connectivity index (χ3v) is 2.78. The Morgan fingerprint density at radius 3 is 2.61 bits per heavy atom. The first-order chi connectivity index (χ1) is 8.56. The maximum atomic E-state index is 11.9. The Bertz CT molecular complexity index is 584. The average molecular weight is 282 g/mol. The number of rotatable bonds is 2. The van der Waals surface area contributed by atoms with Gasteiger partial charge in [-0.3, -0.25) is 4.79 Å². The van der Waals surface area contributed by atoms with E-state index in [1.165, 1.54) is 6.20 Å². The average Bonchev–Trinajstić information content (AvgIpc) is 2.33. The number of nitrogens with two attached hydrogens (primary N) is 1. The summed E-state index contributed by atoms with van der Waals surface area (Å²) in [6.07, 6.45) is 1.40. The van der Waals surface area contributed by atoms with Crippen LogP contribution in [0.15, 0.2) is 36.5 Å². The van der Waals surface area contributed by atoms with Crippen LogP contribution in [0.1, 0.15) is 10.4 Å². The van der Waals surface area contributed by atoms with E-state index in [1.54, 1.807) is 30.3 Å². The summed E-state index contributed by atoms with van der Waals surface area (Å²) in [4.78, 5) is 15.7. The molecule has 0 aliphatic heterocycles. The van der Waals surface area contributed by atoms with Crippen molar-refractivity contribution in [2.24, 2.45) is 0 Å². The van der Waals surface area contributed by atoms with Crippen LogP contribution < -0.4 is 11.1 Å². The fraction of sp³-hybridized carbons (Fsp3) is 0. The lowest BCUT2D eigenvalue weighted by molar-refractivity contribution is 0.102. The fourth-order valence-corrected chi connectivity index (χ4v) is 1.78. The second-order valence-electron chi connectivity index (χ2n) is 3.55. The fourth-order valence-electron chi connectivity index (χ4n) is 1.32. The standard InChI is InChI=1S/C12H9Cl2N3O/c13-8-2-3-10(9(14)5-8)17-12(18)7-1-4-11(15)16-6-7/h1-6H,(H2,15,16)(H,17,18). The number of carbonyl (C=O) groups excluding carboxylic acids is 1. The molecule has 0 atom stereocenters. The number of hydrogen-bond donors (Lipinski definition) is 2. The largest absolute Gasteiger partial charge is 0.384 e. The first kappa shape index (κ1) is 12.7. The van der Waals surface area contributed by atoms with E-state index in [9.17, 15) is 4.79 Å². The molecule has 3 N–H and O–H groups in total. The molecule has 92 valence electrons. The molecule has 0 aliphatic rings. The number of halogens is 2. The summed E-state index contributed by atoms with van der Waals surface area (Å²) in [6.45, 7) is 0. The zero-order valence-corrected chi connectivity index (χ0v) is 10.7. The molecule has 1 heterocycles. The molecular weight excluding hydrogens is 273 g/mol. The number of pyridine rings is 1. The summed E-state index contributed by atoms with van der Waals surface area (Å²) < 4.78 is 0. The van der Waals surface area contributed by atoms with Crippen LogP contribution >= 0.6 is 23.2 Å². The molecule has 0 unspecified atom stereocenters. The minimum Gasteiger partial charge on any atom is -0.384 e. The van der Waals surface area contributed by atoms with E-state index in [-0.39, 0.29) is 5.91 Å². The van der Waals surface area contributed by atoms with Crippen molar-refractivity contribution in [2.75, 3.05) is 11.1 Å². The van der Waals surface area contributed by atoms with Gasteiger partial charge in [-0.25, -0.2) is 4.98 Å². The number of nitrogens with zero attached hydrogens (tertiary/aromatic N) is 1. The maximum Gasteiger partial charge on any atom is 0.257 e. The molecule has 0 fully saturated rings. The van der Waals surface area contributed by atoms with Gasteiger partial charge < -0.3 is 11.1 Å². The number of carbonyl (C=O) groups is 1. The molecule has 0 radical (unpaired) electrons. The highest BCUT2D eigenvalue weighted by Crippen LogP contribution is 2.25. The number of aromatic nitrogens is 1. The molecule has 1 aromatic carbocycles. The van der Waals surface area contributed by atoms with Gasteiger partial charge in [0.25, 0.3) is 5.91 Å². The van der Waals surface area contributed by atoms with Crippen LogP contribution in [0.25, 0.3) is 0 Å². The summed E-state index contributed by atoms with van der Waals surface area (Å²) in [5.41, 5.74) is 6.33. The Labute approximate surface area is 114 Å². The molecule has 0 bridgehead atoms. The van der Waals surface area contributed by atoms with Gasteiger partial charge in [0.2, 0.25) is 0 Å². The molecule has 0 spiro atoms. The Balaban J connectivity index is 2.18. The molecule has 6 heteroatoms. The summed E-state index contributed by atoms with van der Waals surface area (Å²) >= 11 is 11.7. The van der Waals surface area contributed by atoms with Crippen molar-refractivity contribution >= 4 is 40.6 Å². The van der Waals surface area contributed by atoms with Gasteiger partial charge in [0.05, 0.1) is 16.3 Å². The number of benzene rings is 1. The zero-order valence-electron chi connectivity index (χ0n) is 9.15. The Morgan fingerprint density at radius 1 is 1.22 bits per heavy atom. The second-order valence-corrected chi connectivity index (χ2v) is 4.39.